The van der Waals surface area contributed by atoms with E-state index >= 15 is 0 Å². The van der Waals surface area contributed by atoms with Gasteiger partial charge in [-0.1, -0.05) is 19.8 Å². The highest BCUT2D eigenvalue weighted by Crippen LogP contribution is 2.30. The van der Waals surface area contributed by atoms with Gasteiger partial charge in [0.15, 0.2) is 5.65 Å². The summed E-state index contributed by atoms with van der Waals surface area (Å²) in [5.41, 5.74) is 1.96. The molecule has 3 nitrogen and oxygen atoms in total. The van der Waals surface area contributed by atoms with Crippen molar-refractivity contribution in [1.82, 2.24) is 14.5 Å². The largest absolute Gasteiger partial charge is 0.312 e. The fraction of sp³-hybridized carbons (Fsp3) is 0.625. The Hall–Kier alpha value is -0.610. The van der Waals surface area contributed by atoms with Gasteiger partial charge in [-0.3, -0.25) is 0 Å². The molecule has 1 aliphatic rings. The first-order valence-corrected chi connectivity index (χ1v) is 9.06. The first-order valence-electron chi connectivity index (χ1n) is 7.74. The van der Waals surface area contributed by atoms with E-state index in [0.717, 1.165) is 46.3 Å². The van der Waals surface area contributed by atoms with E-state index in [1.807, 2.05) is 12.3 Å². The van der Waals surface area contributed by atoms with Crippen LogP contribution >= 0.6 is 27.5 Å². The van der Waals surface area contributed by atoms with Crippen LogP contribution in [-0.2, 0) is 13.0 Å². The standard InChI is InChI=1S/C16H21BrClN3/c1-11-2-4-12(5-3-11)10-21-15(6-7-18)20-14-8-13(17)9-19-16(14)21/h8-9,11-12H,2-7,10H2,1H3. The van der Waals surface area contributed by atoms with Gasteiger partial charge in [-0.05, 0) is 46.7 Å². The second-order valence-corrected chi connectivity index (χ2v) is 7.49. The summed E-state index contributed by atoms with van der Waals surface area (Å²) in [6.07, 6.45) is 7.99. The van der Waals surface area contributed by atoms with E-state index in [9.17, 15) is 0 Å². The molecule has 0 radical (unpaired) electrons. The maximum atomic E-state index is 5.95. The van der Waals surface area contributed by atoms with Crippen molar-refractivity contribution in [1.29, 1.82) is 0 Å². The van der Waals surface area contributed by atoms with Gasteiger partial charge in [0.25, 0.3) is 0 Å². The minimum absolute atomic E-state index is 0.603. The van der Waals surface area contributed by atoms with Gasteiger partial charge in [0.05, 0.1) is 0 Å². The number of aromatic nitrogens is 3. The normalized spacial score (nSPS) is 22.8. The maximum absolute atomic E-state index is 5.95. The van der Waals surface area contributed by atoms with E-state index in [2.05, 4.69) is 32.4 Å². The SMILES string of the molecule is CC1CCC(Cn2c(CCCl)nc3cc(Br)cnc32)CC1. The van der Waals surface area contributed by atoms with E-state index in [4.69, 9.17) is 16.6 Å². The molecule has 0 spiro atoms. The number of fused-ring (bicyclic) bond motifs is 1. The highest BCUT2D eigenvalue weighted by molar-refractivity contribution is 9.10. The molecule has 0 amide bonds. The Balaban J connectivity index is 1.89. The summed E-state index contributed by atoms with van der Waals surface area (Å²) in [4.78, 5) is 9.30. The third-order valence-electron chi connectivity index (χ3n) is 4.52. The van der Waals surface area contributed by atoms with Crippen molar-refractivity contribution < 1.29 is 0 Å². The summed E-state index contributed by atoms with van der Waals surface area (Å²) in [5, 5.41) is 0. The lowest BCUT2D eigenvalue weighted by atomic mass is 9.83. The van der Waals surface area contributed by atoms with Crippen LogP contribution in [0.5, 0.6) is 0 Å². The molecule has 0 aromatic carbocycles. The minimum atomic E-state index is 0.603. The Morgan fingerprint density at radius 3 is 2.81 bits per heavy atom. The van der Waals surface area contributed by atoms with Gasteiger partial charge in [0.2, 0.25) is 0 Å². The number of pyridine rings is 1. The molecule has 2 aromatic heterocycles. The van der Waals surface area contributed by atoms with Gasteiger partial charge in [-0.2, -0.15) is 0 Å². The van der Waals surface area contributed by atoms with Crippen molar-refractivity contribution in [3.05, 3.63) is 22.6 Å². The molecule has 21 heavy (non-hydrogen) atoms. The molecule has 0 aliphatic heterocycles. The van der Waals surface area contributed by atoms with Gasteiger partial charge in [0.1, 0.15) is 11.3 Å². The Kier molecular flexibility index (Phi) is 4.85. The molecule has 2 aromatic rings. The highest BCUT2D eigenvalue weighted by atomic mass is 79.9. The Labute approximate surface area is 139 Å². The molecule has 5 heteroatoms. The van der Waals surface area contributed by atoms with Gasteiger partial charge >= 0.3 is 0 Å². The number of aryl methyl sites for hydroxylation is 1. The molecule has 2 heterocycles. The number of rotatable bonds is 4. The van der Waals surface area contributed by atoms with Crippen molar-refractivity contribution in [3.63, 3.8) is 0 Å². The zero-order chi connectivity index (χ0) is 14.8. The lowest BCUT2D eigenvalue weighted by molar-refractivity contribution is 0.264. The monoisotopic (exact) mass is 369 g/mol. The zero-order valence-corrected chi connectivity index (χ0v) is 14.7. The van der Waals surface area contributed by atoms with E-state index < -0.39 is 0 Å². The summed E-state index contributed by atoms with van der Waals surface area (Å²) in [5.74, 6) is 3.31. The smallest absolute Gasteiger partial charge is 0.160 e. The predicted octanol–water partition coefficient (Wildman–Crippen LogP) is 4.80. The summed E-state index contributed by atoms with van der Waals surface area (Å²) in [6, 6.07) is 2.04. The molecule has 3 rings (SSSR count). The van der Waals surface area contributed by atoms with E-state index in [1.165, 1.54) is 25.7 Å². The molecule has 0 N–H and O–H groups in total. The average molecular weight is 371 g/mol. The molecular weight excluding hydrogens is 350 g/mol. The van der Waals surface area contributed by atoms with Crippen molar-refractivity contribution in [2.75, 3.05) is 5.88 Å². The fourth-order valence-corrected chi connectivity index (χ4v) is 3.76. The lowest BCUT2D eigenvalue weighted by Gasteiger charge is -2.27. The lowest BCUT2D eigenvalue weighted by Crippen LogP contribution is -2.19. The van der Waals surface area contributed by atoms with Crippen LogP contribution in [0.1, 0.15) is 38.4 Å². The van der Waals surface area contributed by atoms with E-state index in [0.29, 0.717) is 5.88 Å². The third-order valence-corrected chi connectivity index (χ3v) is 5.15. The van der Waals surface area contributed by atoms with Crippen molar-refractivity contribution in [3.8, 4) is 0 Å². The van der Waals surface area contributed by atoms with Crippen LogP contribution in [0.15, 0.2) is 16.7 Å². The van der Waals surface area contributed by atoms with Crippen LogP contribution < -0.4 is 0 Å². The van der Waals surface area contributed by atoms with Gasteiger partial charge in [0, 0.05) is 29.5 Å². The van der Waals surface area contributed by atoms with Crippen LogP contribution in [0.25, 0.3) is 11.2 Å². The molecule has 1 fully saturated rings. The van der Waals surface area contributed by atoms with E-state index in [1.54, 1.807) is 0 Å². The Morgan fingerprint density at radius 2 is 2.10 bits per heavy atom. The minimum Gasteiger partial charge on any atom is -0.312 e. The second kappa shape index (κ2) is 6.66. The molecule has 1 aliphatic carbocycles. The van der Waals surface area contributed by atoms with Crippen molar-refractivity contribution in [2.45, 2.75) is 45.6 Å². The van der Waals surface area contributed by atoms with Crippen LogP contribution in [-0.4, -0.2) is 20.4 Å². The fourth-order valence-electron chi connectivity index (χ4n) is 3.27. The number of imidazole rings is 1. The summed E-state index contributed by atoms with van der Waals surface area (Å²) in [6.45, 7) is 3.39. The average Bonchev–Trinajstić information content (AvgIpc) is 2.79. The van der Waals surface area contributed by atoms with Crippen LogP contribution in [0.2, 0.25) is 0 Å². The van der Waals surface area contributed by atoms with E-state index in [-0.39, 0.29) is 0 Å². The van der Waals surface area contributed by atoms with Gasteiger partial charge in [-0.15, -0.1) is 11.6 Å². The van der Waals surface area contributed by atoms with Gasteiger partial charge in [-0.25, -0.2) is 9.97 Å². The molecule has 0 bridgehead atoms. The predicted molar refractivity (Wildman–Crippen MR) is 90.8 cm³/mol. The molecule has 0 atom stereocenters. The summed E-state index contributed by atoms with van der Waals surface area (Å²) < 4.78 is 3.27. The molecule has 0 saturated heterocycles. The number of nitrogens with zero attached hydrogens (tertiary/aromatic N) is 3. The Bertz CT molecular complexity index is 617. The van der Waals surface area contributed by atoms with Crippen molar-refractivity contribution >= 4 is 38.7 Å². The first-order chi connectivity index (χ1) is 10.2. The molecule has 1 saturated carbocycles. The highest BCUT2D eigenvalue weighted by Gasteiger charge is 2.21. The number of hydrogen-bond donors (Lipinski definition) is 0. The number of alkyl halides is 1. The quantitative estimate of drug-likeness (QED) is 0.724. The Morgan fingerprint density at radius 1 is 1.33 bits per heavy atom. The summed E-state index contributed by atoms with van der Waals surface area (Å²) in [7, 11) is 0. The second-order valence-electron chi connectivity index (χ2n) is 6.20. The molecule has 0 unspecified atom stereocenters. The summed E-state index contributed by atoms with van der Waals surface area (Å²) >= 11 is 9.42. The molecular formula is C16H21BrClN3. The molecule has 114 valence electrons. The van der Waals surface area contributed by atoms with Crippen molar-refractivity contribution in [2.24, 2.45) is 11.8 Å². The third kappa shape index (κ3) is 3.42. The van der Waals surface area contributed by atoms with Crippen LogP contribution in [0.3, 0.4) is 0 Å². The number of hydrogen-bond acceptors (Lipinski definition) is 2. The maximum Gasteiger partial charge on any atom is 0.160 e. The number of halogens is 2. The first kappa shape index (κ1) is 15.3. The van der Waals surface area contributed by atoms with Gasteiger partial charge < -0.3 is 4.57 Å². The van der Waals surface area contributed by atoms with Crippen LogP contribution in [0.4, 0.5) is 0 Å². The topological polar surface area (TPSA) is 30.7 Å². The van der Waals surface area contributed by atoms with Crippen LogP contribution in [0, 0.1) is 11.8 Å². The zero-order valence-electron chi connectivity index (χ0n) is 12.4.